The first-order chi connectivity index (χ1) is 16.9. The van der Waals surface area contributed by atoms with Crippen molar-refractivity contribution in [3.8, 4) is 0 Å². The van der Waals surface area contributed by atoms with Crippen molar-refractivity contribution in [1.82, 2.24) is 9.88 Å². The summed E-state index contributed by atoms with van der Waals surface area (Å²) in [5, 5.41) is 0. The molecule has 0 saturated carbocycles. The summed E-state index contributed by atoms with van der Waals surface area (Å²) in [5.41, 5.74) is 7.10. The fourth-order valence-corrected chi connectivity index (χ4v) is 5.42. The van der Waals surface area contributed by atoms with Gasteiger partial charge in [-0.05, 0) is 72.2 Å². The van der Waals surface area contributed by atoms with Crippen LogP contribution in [0.3, 0.4) is 0 Å². The first kappa shape index (κ1) is 23.2. The predicted octanol–water partition coefficient (Wildman–Crippen LogP) is 4.56. The summed E-state index contributed by atoms with van der Waals surface area (Å²) in [6, 6.07) is 18.5. The van der Waals surface area contributed by atoms with E-state index in [2.05, 4.69) is 6.07 Å². The molecular formula is C28H26N2O4S. The summed E-state index contributed by atoms with van der Waals surface area (Å²) >= 11 is 0. The highest BCUT2D eigenvalue weighted by molar-refractivity contribution is 7.85. The molecule has 1 saturated heterocycles. The molecule has 0 unspecified atom stereocenters. The van der Waals surface area contributed by atoms with E-state index in [1.165, 1.54) is 11.6 Å². The maximum absolute atomic E-state index is 12.8. The average Bonchev–Trinajstić information content (AvgIpc) is 3.04. The number of benzene rings is 2. The number of aryl methyl sites for hydroxylation is 2. The quantitative estimate of drug-likeness (QED) is 0.433. The molecule has 6 nitrogen and oxygen atoms in total. The van der Waals surface area contributed by atoms with Crippen LogP contribution in [0.25, 0.3) is 11.6 Å². The van der Waals surface area contributed by atoms with E-state index < -0.39 is 10.1 Å². The van der Waals surface area contributed by atoms with Crippen molar-refractivity contribution in [3.05, 3.63) is 106 Å². The number of likely N-dealkylation sites (tertiary alicyclic amines) is 1. The highest BCUT2D eigenvalue weighted by Crippen LogP contribution is 2.38. The number of carbonyl (C=O) groups is 1. The number of pyridine rings is 1. The standard InChI is InChI=1S/C28H26N2O4S/c31-26(13-8-20-5-2-1-3-6-20)30-17-14-21(15-18-30)27-25-12-11-24(35(32,33)34)19-23(25)10-9-22-7-4-16-29-28(22)27/h1-8,11-13,16,19H,9-10,14-15,17-18H2,(H,32,33,34)/b13-8+. The first-order valence-electron chi connectivity index (χ1n) is 11.7. The minimum atomic E-state index is -4.28. The van der Waals surface area contributed by atoms with Gasteiger partial charge in [0.2, 0.25) is 5.91 Å². The average molecular weight is 487 g/mol. The van der Waals surface area contributed by atoms with Crippen LogP contribution in [-0.4, -0.2) is 41.9 Å². The van der Waals surface area contributed by atoms with Crippen molar-refractivity contribution in [3.63, 3.8) is 0 Å². The maximum atomic E-state index is 12.8. The Hall–Kier alpha value is -3.55. The number of hydrogen-bond acceptors (Lipinski definition) is 4. The third-order valence-electron chi connectivity index (χ3n) is 6.69. The molecule has 1 amide bonds. The van der Waals surface area contributed by atoms with Crippen LogP contribution in [0.1, 0.15) is 40.8 Å². The lowest BCUT2D eigenvalue weighted by Crippen LogP contribution is -2.35. The van der Waals surface area contributed by atoms with Crippen LogP contribution < -0.4 is 0 Å². The van der Waals surface area contributed by atoms with Crippen LogP contribution in [-0.2, 0) is 27.8 Å². The summed E-state index contributed by atoms with van der Waals surface area (Å²) < 4.78 is 33.0. The molecule has 1 aliphatic heterocycles. The Bertz CT molecular complexity index is 1430. The molecule has 5 rings (SSSR count). The number of hydrogen-bond donors (Lipinski definition) is 1. The van der Waals surface area contributed by atoms with E-state index in [1.807, 2.05) is 47.4 Å². The molecule has 178 valence electrons. The predicted molar refractivity (Wildman–Crippen MR) is 135 cm³/mol. The summed E-state index contributed by atoms with van der Waals surface area (Å²) in [4.78, 5) is 19.2. The molecule has 7 heteroatoms. The van der Waals surface area contributed by atoms with Gasteiger partial charge in [0.05, 0.1) is 10.6 Å². The van der Waals surface area contributed by atoms with E-state index in [0.717, 1.165) is 52.8 Å². The van der Waals surface area contributed by atoms with Crippen LogP contribution in [0.15, 0.2) is 83.4 Å². The monoisotopic (exact) mass is 486 g/mol. The molecule has 0 bridgehead atoms. The molecule has 3 aromatic rings. The second-order valence-corrected chi connectivity index (χ2v) is 10.3. The van der Waals surface area contributed by atoms with Gasteiger partial charge in [0, 0.05) is 30.9 Å². The fourth-order valence-electron chi connectivity index (χ4n) is 4.89. The van der Waals surface area contributed by atoms with Crippen molar-refractivity contribution < 1.29 is 17.8 Å². The second kappa shape index (κ2) is 9.60. The van der Waals surface area contributed by atoms with Crippen LogP contribution in [0.2, 0.25) is 0 Å². The Morgan fingerprint density at radius 2 is 1.66 bits per heavy atom. The van der Waals surface area contributed by atoms with E-state index in [0.29, 0.717) is 19.5 Å². The largest absolute Gasteiger partial charge is 0.339 e. The van der Waals surface area contributed by atoms with E-state index >= 15 is 0 Å². The van der Waals surface area contributed by atoms with Crippen molar-refractivity contribution >= 4 is 27.7 Å². The Balaban J connectivity index is 1.46. The highest BCUT2D eigenvalue weighted by atomic mass is 32.2. The molecule has 0 radical (unpaired) electrons. The van der Waals surface area contributed by atoms with Crippen LogP contribution in [0.4, 0.5) is 0 Å². The number of nitrogens with zero attached hydrogens (tertiary/aromatic N) is 2. The smallest absolute Gasteiger partial charge is 0.294 e. The Morgan fingerprint density at radius 3 is 2.40 bits per heavy atom. The molecule has 1 fully saturated rings. The lowest BCUT2D eigenvalue weighted by Gasteiger charge is -2.29. The molecule has 35 heavy (non-hydrogen) atoms. The van der Waals surface area contributed by atoms with Crippen molar-refractivity contribution in [2.24, 2.45) is 0 Å². The first-order valence-corrected chi connectivity index (χ1v) is 13.1. The number of piperidine rings is 1. The maximum Gasteiger partial charge on any atom is 0.294 e. The minimum Gasteiger partial charge on any atom is -0.339 e. The summed E-state index contributed by atoms with van der Waals surface area (Å²) in [7, 11) is -4.28. The van der Waals surface area contributed by atoms with Gasteiger partial charge in [-0.3, -0.25) is 14.3 Å². The third kappa shape index (κ3) is 4.97. The zero-order valence-corrected chi connectivity index (χ0v) is 20.0. The lowest BCUT2D eigenvalue weighted by molar-refractivity contribution is -0.126. The number of carbonyl (C=O) groups excluding carboxylic acids is 1. The molecule has 2 heterocycles. The number of amides is 1. The highest BCUT2D eigenvalue weighted by Gasteiger charge is 2.27. The Labute approximate surface area is 205 Å². The molecule has 2 aromatic carbocycles. The van der Waals surface area contributed by atoms with Crippen LogP contribution in [0.5, 0.6) is 0 Å². The number of rotatable bonds is 3. The molecule has 0 spiro atoms. The van der Waals surface area contributed by atoms with Gasteiger partial charge in [-0.2, -0.15) is 8.42 Å². The minimum absolute atomic E-state index is 0.00418. The van der Waals surface area contributed by atoms with Gasteiger partial charge in [0.1, 0.15) is 0 Å². The van der Waals surface area contributed by atoms with Gasteiger partial charge >= 0.3 is 0 Å². The van der Waals surface area contributed by atoms with Crippen molar-refractivity contribution in [1.29, 1.82) is 0 Å². The van der Waals surface area contributed by atoms with Crippen molar-refractivity contribution in [2.75, 3.05) is 13.1 Å². The zero-order chi connectivity index (χ0) is 24.4. The SMILES string of the molecule is O=C(/C=C/c1ccccc1)N1CCC(=C2c3ccc(S(=O)(=O)O)cc3CCc3cccnc32)CC1. The molecule has 2 aliphatic rings. The molecule has 1 aromatic heterocycles. The summed E-state index contributed by atoms with van der Waals surface area (Å²) in [6.07, 6.45) is 8.07. The van der Waals surface area contributed by atoms with E-state index in [-0.39, 0.29) is 10.8 Å². The summed E-state index contributed by atoms with van der Waals surface area (Å²) in [5.74, 6) is -0.00418. The fraction of sp³-hybridized carbons (Fsp3) is 0.214. The van der Waals surface area contributed by atoms with Crippen molar-refractivity contribution in [2.45, 2.75) is 30.6 Å². The Kier molecular flexibility index (Phi) is 6.36. The number of fused-ring (bicyclic) bond motifs is 2. The van der Waals surface area contributed by atoms with Gasteiger partial charge < -0.3 is 4.90 Å². The van der Waals surface area contributed by atoms with Gasteiger partial charge in [0.15, 0.2) is 0 Å². The Morgan fingerprint density at radius 1 is 0.914 bits per heavy atom. The van der Waals surface area contributed by atoms with Crippen LogP contribution in [0, 0.1) is 0 Å². The molecular weight excluding hydrogens is 460 g/mol. The van der Waals surface area contributed by atoms with Gasteiger partial charge in [-0.25, -0.2) is 0 Å². The molecule has 0 atom stereocenters. The normalized spacial score (nSPS) is 16.1. The lowest BCUT2D eigenvalue weighted by atomic mass is 9.88. The van der Waals surface area contributed by atoms with Gasteiger partial charge in [-0.1, -0.05) is 48.0 Å². The van der Waals surface area contributed by atoms with Gasteiger partial charge in [0.25, 0.3) is 10.1 Å². The second-order valence-electron chi connectivity index (χ2n) is 8.85. The zero-order valence-electron chi connectivity index (χ0n) is 19.2. The van der Waals surface area contributed by atoms with Gasteiger partial charge in [-0.15, -0.1) is 0 Å². The topological polar surface area (TPSA) is 87.6 Å². The molecule has 1 aliphatic carbocycles. The van der Waals surface area contributed by atoms with E-state index in [4.69, 9.17) is 4.98 Å². The number of aromatic nitrogens is 1. The van der Waals surface area contributed by atoms with E-state index in [1.54, 1.807) is 24.4 Å². The summed E-state index contributed by atoms with van der Waals surface area (Å²) in [6.45, 7) is 1.22. The molecule has 1 N–H and O–H groups in total. The van der Waals surface area contributed by atoms with E-state index in [9.17, 15) is 17.8 Å². The third-order valence-corrected chi connectivity index (χ3v) is 7.54. The van der Waals surface area contributed by atoms with Crippen LogP contribution >= 0.6 is 0 Å².